The van der Waals surface area contributed by atoms with E-state index in [0.717, 1.165) is 30.7 Å². The third-order valence-electron chi connectivity index (χ3n) is 6.22. The van der Waals surface area contributed by atoms with Gasteiger partial charge in [-0.3, -0.25) is 4.79 Å². The lowest BCUT2D eigenvalue weighted by atomic mass is 9.84. The van der Waals surface area contributed by atoms with Gasteiger partial charge in [0.2, 0.25) is 0 Å². The molecule has 2 atom stereocenters. The van der Waals surface area contributed by atoms with E-state index in [9.17, 15) is 4.79 Å². The molecule has 1 amide bonds. The van der Waals surface area contributed by atoms with E-state index in [1.54, 1.807) is 0 Å². The third kappa shape index (κ3) is 6.17. The van der Waals surface area contributed by atoms with Gasteiger partial charge >= 0.3 is 0 Å². The summed E-state index contributed by atoms with van der Waals surface area (Å²) in [6.07, 6.45) is 9.85. The van der Waals surface area contributed by atoms with Gasteiger partial charge in [-0.1, -0.05) is 56.2 Å². The molecule has 0 spiro atoms. The molecule has 150 valence electrons. The van der Waals surface area contributed by atoms with E-state index in [1.165, 1.54) is 56.3 Å². The Morgan fingerprint density at radius 1 is 1.11 bits per heavy atom. The molecule has 27 heavy (non-hydrogen) atoms. The first kappa shape index (κ1) is 20.6. The molecule has 0 bridgehead atoms. The summed E-state index contributed by atoms with van der Waals surface area (Å²) in [6, 6.07) is 7.90. The van der Waals surface area contributed by atoms with Crippen molar-refractivity contribution < 1.29 is 9.53 Å². The van der Waals surface area contributed by atoms with Gasteiger partial charge in [0.25, 0.3) is 5.91 Å². The van der Waals surface area contributed by atoms with Crippen LogP contribution in [0, 0.1) is 18.8 Å². The monoisotopic (exact) mass is 389 g/mol. The summed E-state index contributed by atoms with van der Waals surface area (Å²) in [7, 11) is 0. The van der Waals surface area contributed by atoms with Crippen molar-refractivity contribution in [1.82, 2.24) is 4.90 Å². The Bertz CT molecular complexity index is 581. The molecule has 0 aromatic heterocycles. The molecule has 2 fully saturated rings. The average molecular weight is 390 g/mol. The molecule has 3 rings (SSSR count). The van der Waals surface area contributed by atoms with Gasteiger partial charge in [0, 0.05) is 18.3 Å². The van der Waals surface area contributed by atoms with E-state index in [2.05, 4.69) is 25.6 Å². The average Bonchev–Trinajstić information content (AvgIpc) is 2.97. The van der Waals surface area contributed by atoms with Crippen LogP contribution in [-0.2, 0) is 4.79 Å². The van der Waals surface area contributed by atoms with Crippen LogP contribution in [0.1, 0.15) is 57.4 Å². The highest BCUT2D eigenvalue weighted by molar-refractivity contribution is 8.00. The highest BCUT2D eigenvalue weighted by Crippen LogP contribution is 2.41. The molecular weight excluding hydrogens is 354 g/mol. The van der Waals surface area contributed by atoms with Gasteiger partial charge < -0.3 is 9.64 Å². The maximum absolute atomic E-state index is 12.6. The number of ether oxygens (including phenoxy) is 1. The summed E-state index contributed by atoms with van der Waals surface area (Å²) in [5.74, 6) is 3.97. The number of carbonyl (C=O) groups is 1. The Kier molecular flexibility index (Phi) is 7.93. The molecule has 1 aromatic rings. The number of amides is 1. The number of nitrogens with zero attached hydrogens (tertiary/aromatic N) is 1. The third-order valence-corrected chi connectivity index (χ3v) is 7.65. The lowest BCUT2D eigenvalue weighted by molar-refractivity contribution is -0.133. The Hall–Kier alpha value is -1.16. The van der Waals surface area contributed by atoms with Crippen LogP contribution in [0.3, 0.4) is 0 Å². The lowest BCUT2D eigenvalue weighted by Gasteiger charge is -2.25. The minimum absolute atomic E-state index is 0.108. The van der Waals surface area contributed by atoms with Crippen molar-refractivity contribution in [1.29, 1.82) is 0 Å². The molecule has 1 heterocycles. The van der Waals surface area contributed by atoms with Crippen LogP contribution in [0.15, 0.2) is 24.3 Å². The number of hydrogen-bond donors (Lipinski definition) is 0. The minimum Gasteiger partial charge on any atom is -0.484 e. The molecule has 0 radical (unpaired) electrons. The summed E-state index contributed by atoms with van der Waals surface area (Å²) in [6.45, 7) is 5.91. The fraction of sp³-hybridized carbons (Fsp3) is 0.696. The van der Waals surface area contributed by atoms with E-state index in [1.807, 2.05) is 29.2 Å². The predicted molar refractivity (Wildman–Crippen MR) is 114 cm³/mol. The first-order valence-electron chi connectivity index (χ1n) is 10.7. The van der Waals surface area contributed by atoms with Crippen LogP contribution in [0.25, 0.3) is 0 Å². The second kappa shape index (κ2) is 10.4. The quantitative estimate of drug-likeness (QED) is 0.592. The normalized spacial score (nSPS) is 23.8. The molecular formula is C23H35NO2S. The van der Waals surface area contributed by atoms with Crippen LogP contribution < -0.4 is 4.74 Å². The van der Waals surface area contributed by atoms with Gasteiger partial charge in [-0.15, -0.1) is 0 Å². The Morgan fingerprint density at radius 3 is 2.48 bits per heavy atom. The van der Waals surface area contributed by atoms with Gasteiger partial charge in [-0.2, -0.15) is 11.8 Å². The van der Waals surface area contributed by atoms with Crippen molar-refractivity contribution in [2.45, 2.75) is 64.0 Å². The van der Waals surface area contributed by atoms with Crippen molar-refractivity contribution in [2.75, 3.05) is 25.4 Å². The van der Waals surface area contributed by atoms with E-state index < -0.39 is 0 Å². The highest BCUT2D eigenvalue weighted by Gasteiger charge is 2.33. The smallest absolute Gasteiger partial charge is 0.260 e. The van der Waals surface area contributed by atoms with E-state index >= 15 is 0 Å². The number of thioether (sulfide) groups is 1. The zero-order chi connectivity index (χ0) is 19.1. The summed E-state index contributed by atoms with van der Waals surface area (Å²) in [5, 5.41) is 0.599. The molecule has 1 aliphatic carbocycles. The number of rotatable bonds is 7. The molecule has 3 nitrogen and oxygen atoms in total. The van der Waals surface area contributed by atoms with Crippen LogP contribution in [0.5, 0.6) is 5.75 Å². The predicted octanol–water partition coefficient (Wildman–Crippen LogP) is 5.31. The van der Waals surface area contributed by atoms with Crippen LogP contribution in [0.2, 0.25) is 0 Å². The fourth-order valence-corrected chi connectivity index (χ4v) is 6.09. The fourth-order valence-electron chi connectivity index (χ4n) is 4.50. The lowest BCUT2D eigenvalue weighted by Crippen LogP contribution is -2.39. The number of carbonyl (C=O) groups excluding carboxylic acids is 1. The number of benzene rings is 1. The van der Waals surface area contributed by atoms with Crippen molar-refractivity contribution in [3.63, 3.8) is 0 Å². The van der Waals surface area contributed by atoms with E-state index in [4.69, 9.17) is 4.74 Å². The molecule has 1 saturated heterocycles. The molecule has 2 aliphatic rings. The SMILES string of the molecule is CCN(CC1CC(C2CCCCCC2)CS1)C(=O)COc1ccc(C)cc1. The van der Waals surface area contributed by atoms with Gasteiger partial charge in [0.1, 0.15) is 5.75 Å². The van der Waals surface area contributed by atoms with Gasteiger partial charge in [0.05, 0.1) is 0 Å². The van der Waals surface area contributed by atoms with Crippen LogP contribution >= 0.6 is 11.8 Å². The van der Waals surface area contributed by atoms with Crippen LogP contribution in [-0.4, -0.2) is 41.5 Å². The van der Waals surface area contributed by atoms with Gasteiger partial charge in [-0.05, 0) is 50.0 Å². The number of hydrogen-bond acceptors (Lipinski definition) is 3. The maximum Gasteiger partial charge on any atom is 0.260 e. The van der Waals surface area contributed by atoms with Crippen molar-refractivity contribution in [3.8, 4) is 5.75 Å². The first-order valence-corrected chi connectivity index (χ1v) is 11.8. The van der Waals surface area contributed by atoms with Gasteiger partial charge in [-0.25, -0.2) is 0 Å². The Balaban J connectivity index is 1.45. The molecule has 4 heteroatoms. The van der Waals surface area contributed by atoms with Gasteiger partial charge in [0.15, 0.2) is 6.61 Å². The molecule has 1 saturated carbocycles. The summed E-state index contributed by atoms with van der Waals surface area (Å²) in [5.41, 5.74) is 1.20. The number of likely N-dealkylation sites (N-methyl/N-ethyl adjacent to an activating group) is 1. The van der Waals surface area contributed by atoms with Crippen LogP contribution in [0.4, 0.5) is 0 Å². The minimum atomic E-state index is 0.108. The Labute approximate surface area is 169 Å². The highest BCUT2D eigenvalue weighted by atomic mass is 32.2. The second-order valence-corrected chi connectivity index (χ2v) is 9.57. The summed E-state index contributed by atoms with van der Waals surface area (Å²) in [4.78, 5) is 14.6. The largest absolute Gasteiger partial charge is 0.484 e. The number of aryl methyl sites for hydroxylation is 1. The maximum atomic E-state index is 12.6. The molecule has 0 N–H and O–H groups in total. The zero-order valence-electron chi connectivity index (χ0n) is 17.0. The van der Waals surface area contributed by atoms with Crippen molar-refractivity contribution in [3.05, 3.63) is 29.8 Å². The second-order valence-electron chi connectivity index (χ2n) is 8.24. The Morgan fingerprint density at radius 2 is 1.81 bits per heavy atom. The topological polar surface area (TPSA) is 29.5 Å². The van der Waals surface area contributed by atoms with Crippen molar-refractivity contribution >= 4 is 17.7 Å². The first-order chi connectivity index (χ1) is 13.2. The van der Waals surface area contributed by atoms with Crippen molar-refractivity contribution in [2.24, 2.45) is 11.8 Å². The zero-order valence-corrected chi connectivity index (χ0v) is 17.8. The standard InChI is InChI=1S/C23H35NO2S/c1-3-24(23(25)16-26-21-12-10-18(2)11-13-21)15-22-14-20(17-27-22)19-8-6-4-5-7-9-19/h10-13,19-20,22H,3-9,14-17H2,1-2H3. The molecule has 1 aromatic carbocycles. The van der Waals surface area contributed by atoms with E-state index in [-0.39, 0.29) is 12.5 Å². The summed E-state index contributed by atoms with van der Waals surface area (Å²) < 4.78 is 5.70. The summed E-state index contributed by atoms with van der Waals surface area (Å²) >= 11 is 2.09. The van der Waals surface area contributed by atoms with E-state index in [0.29, 0.717) is 5.25 Å². The molecule has 2 unspecified atom stereocenters. The molecule has 1 aliphatic heterocycles.